The zero-order valence-electron chi connectivity index (χ0n) is 34.8. The Balaban J connectivity index is 0.00000207. The number of rotatable bonds is 5. The van der Waals surface area contributed by atoms with Gasteiger partial charge >= 0.3 is 0 Å². The van der Waals surface area contributed by atoms with Crippen LogP contribution in [0.1, 0.15) is 38.8 Å². The molecule has 0 bridgehead atoms. The van der Waals surface area contributed by atoms with Gasteiger partial charge in [-0.05, 0) is 94.0 Å². The Labute approximate surface area is 356 Å². The maximum atomic E-state index is 5.36. The molecule has 1 aliphatic rings. The summed E-state index contributed by atoms with van der Waals surface area (Å²) in [6.07, 6.45) is 0. The van der Waals surface area contributed by atoms with E-state index in [-0.39, 0.29) is 5.41 Å². The number of para-hydroxylation sites is 2. The van der Waals surface area contributed by atoms with Crippen LogP contribution < -0.4 is 0 Å². The van der Waals surface area contributed by atoms with Crippen molar-refractivity contribution in [3.8, 4) is 56.4 Å². The first kappa shape index (κ1) is 36.5. The van der Waals surface area contributed by atoms with Crippen molar-refractivity contribution in [3.63, 3.8) is 0 Å². The third kappa shape index (κ3) is 5.74. The Morgan fingerprint density at radius 3 is 1.52 bits per heavy atom. The van der Waals surface area contributed by atoms with Crippen molar-refractivity contribution in [2.75, 3.05) is 0 Å². The van der Waals surface area contributed by atoms with Gasteiger partial charge in [-0.25, -0.2) is 9.97 Å². The summed E-state index contributed by atoms with van der Waals surface area (Å²) in [5, 5.41) is 4.84. The van der Waals surface area contributed by atoms with Crippen molar-refractivity contribution in [1.29, 1.82) is 0 Å². The van der Waals surface area contributed by atoms with Gasteiger partial charge in [0.15, 0.2) is 0 Å². The van der Waals surface area contributed by atoms with Crippen molar-refractivity contribution in [2.45, 2.75) is 33.1 Å². The molecule has 0 aliphatic heterocycles. The van der Waals surface area contributed by atoms with Crippen LogP contribution in [-0.2, 0) is 5.41 Å². The summed E-state index contributed by atoms with van der Waals surface area (Å²) in [4.78, 5) is 10.7. The maximum Gasteiger partial charge on any atom is 0.235 e. The molecule has 3 aromatic heterocycles. The Morgan fingerprint density at radius 2 is 0.869 bits per heavy atom. The lowest BCUT2D eigenvalue weighted by Gasteiger charge is -2.21. The highest BCUT2D eigenvalue weighted by Gasteiger charge is 2.36. The summed E-state index contributed by atoms with van der Waals surface area (Å²) in [5.74, 6) is 0.654. The number of fused-ring (bicyclic) bond motifs is 9. The molecule has 1 aliphatic carbocycles. The molecule has 0 fully saturated rings. The molecular weight excluding hydrogens is 741 g/mol. The minimum Gasteiger partial charge on any atom is -0.309 e. The van der Waals surface area contributed by atoms with Gasteiger partial charge in [0.2, 0.25) is 5.95 Å². The van der Waals surface area contributed by atoms with Crippen LogP contribution in [0.5, 0.6) is 0 Å². The Hall–Kier alpha value is -7.56. The number of hydrogen-bond acceptors (Lipinski definition) is 2. The third-order valence-corrected chi connectivity index (χ3v) is 12.5. The topological polar surface area (TPSA) is 35.6 Å². The predicted molar refractivity (Wildman–Crippen MR) is 256 cm³/mol. The maximum absolute atomic E-state index is 5.36. The molecule has 0 amide bonds. The Bertz CT molecular complexity index is 3390. The highest BCUT2D eigenvalue weighted by Crippen LogP contribution is 2.51. The van der Waals surface area contributed by atoms with Crippen LogP contribution in [0.3, 0.4) is 0 Å². The van der Waals surface area contributed by atoms with E-state index < -0.39 is 0 Å². The summed E-state index contributed by atoms with van der Waals surface area (Å²) in [5.41, 5.74) is 17.1. The molecule has 0 unspecified atom stereocenters. The lowest BCUT2D eigenvalue weighted by Crippen LogP contribution is -2.15. The number of aromatic nitrogens is 4. The van der Waals surface area contributed by atoms with Gasteiger partial charge < -0.3 is 4.57 Å². The lowest BCUT2D eigenvalue weighted by atomic mass is 9.82. The van der Waals surface area contributed by atoms with Crippen molar-refractivity contribution in [3.05, 3.63) is 205 Å². The fourth-order valence-electron chi connectivity index (χ4n) is 9.66. The van der Waals surface area contributed by atoms with Gasteiger partial charge in [-0.15, -0.1) is 0 Å². The number of nitrogens with zero attached hydrogens (tertiary/aromatic N) is 4. The SMILES string of the molecule is CC.CC1(C)c2ccccc2-c2cc3c4cc(-c5ccc6c(c5)c5ccccc5n6-c5ccccc5)ccc4n(-c4nc(-c5ccccc5)cc(-c5ccccc5)n4)c3cc21. The van der Waals surface area contributed by atoms with Crippen LogP contribution >= 0.6 is 0 Å². The summed E-state index contributed by atoms with van der Waals surface area (Å²) in [6.45, 7) is 8.69. The minimum atomic E-state index is -0.164. The molecule has 4 heteroatoms. The molecule has 12 rings (SSSR count). The summed E-state index contributed by atoms with van der Waals surface area (Å²) in [7, 11) is 0. The largest absolute Gasteiger partial charge is 0.309 e. The zero-order valence-corrected chi connectivity index (χ0v) is 34.8. The average Bonchev–Trinajstić information content (AvgIpc) is 3.91. The molecule has 0 N–H and O–H groups in total. The predicted octanol–water partition coefficient (Wildman–Crippen LogP) is 15.0. The van der Waals surface area contributed by atoms with Crippen LogP contribution in [0.25, 0.3) is 100 Å². The standard InChI is InChI=1S/C55H38N4.C2H6/c1-55(2)46-24-14-12-22-40(46)42-32-45-44-31-38(37-26-28-51-43(30-37)41-23-13-15-25-50(41)58(51)39-20-10-5-11-21-39)27-29-52(44)59(53(45)33-47(42)55)54-56-48(35-16-6-3-7-17-35)34-49(57-54)36-18-8-4-9-19-36;1-2/h3-34H,1-2H3;1-2H3. The Kier molecular flexibility index (Phi) is 8.57. The normalized spacial score (nSPS) is 12.7. The molecule has 61 heavy (non-hydrogen) atoms. The van der Waals surface area contributed by atoms with Gasteiger partial charge in [-0.1, -0.05) is 161 Å². The molecule has 0 radical (unpaired) electrons. The number of benzene rings is 8. The molecule has 0 saturated carbocycles. The second-order valence-electron chi connectivity index (χ2n) is 16.2. The first-order valence-corrected chi connectivity index (χ1v) is 21.3. The summed E-state index contributed by atoms with van der Waals surface area (Å²) < 4.78 is 4.67. The quantitative estimate of drug-likeness (QED) is 0.174. The van der Waals surface area contributed by atoms with Gasteiger partial charge in [-0.2, -0.15) is 0 Å². The van der Waals surface area contributed by atoms with E-state index in [0.29, 0.717) is 5.95 Å². The van der Waals surface area contributed by atoms with E-state index in [9.17, 15) is 0 Å². The number of hydrogen-bond donors (Lipinski definition) is 0. The summed E-state index contributed by atoms with van der Waals surface area (Å²) >= 11 is 0. The Morgan fingerprint density at radius 1 is 0.361 bits per heavy atom. The van der Waals surface area contributed by atoms with E-state index in [4.69, 9.17) is 9.97 Å². The van der Waals surface area contributed by atoms with E-state index in [2.05, 4.69) is 205 Å². The van der Waals surface area contributed by atoms with E-state index >= 15 is 0 Å². The molecule has 292 valence electrons. The summed E-state index contributed by atoms with van der Waals surface area (Å²) in [6, 6.07) is 69.9. The zero-order chi connectivity index (χ0) is 41.2. The highest BCUT2D eigenvalue weighted by atomic mass is 15.2. The lowest BCUT2D eigenvalue weighted by molar-refractivity contribution is 0.661. The molecule has 4 nitrogen and oxygen atoms in total. The van der Waals surface area contributed by atoms with Crippen molar-refractivity contribution >= 4 is 43.6 Å². The second kappa shape index (κ2) is 14.3. The highest BCUT2D eigenvalue weighted by molar-refractivity contribution is 6.14. The fourth-order valence-corrected chi connectivity index (χ4v) is 9.66. The van der Waals surface area contributed by atoms with Crippen LogP contribution in [0.2, 0.25) is 0 Å². The molecular formula is C57H44N4. The van der Waals surface area contributed by atoms with E-state index in [1.807, 2.05) is 26.0 Å². The van der Waals surface area contributed by atoms with Gasteiger partial charge in [0, 0.05) is 43.8 Å². The van der Waals surface area contributed by atoms with Gasteiger partial charge in [0.25, 0.3) is 0 Å². The molecule has 11 aromatic rings. The van der Waals surface area contributed by atoms with E-state index in [1.165, 1.54) is 66.0 Å². The first-order valence-electron chi connectivity index (χ1n) is 21.3. The van der Waals surface area contributed by atoms with Crippen molar-refractivity contribution in [2.24, 2.45) is 0 Å². The van der Waals surface area contributed by atoms with Crippen LogP contribution in [-0.4, -0.2) is 19.1 Å². The second-order valence-corrected chi connectivity index (χ2v) is 16.2. The average molecular weight is 785 g/mol. The monoisotopic (exact) mass is 784 g/mol. The van der Waals surface area contributed by atoms with Crippen molar-refractivity contribution in [1.82, 2.24) is 19.1 Å². The molecule has 3 heterocycles. The molecule has 8 aromatic carbocycles. The van der Waals surface area contributed by atoms with Gasteiger partial charge in [0.05, 0.1) is 33.5 Å². The van der Waals surface area contributed by atoms with Crippen LogP contribution in [0.15, 0.2) is 194 Å². The molecule has 0 atom stereocenters. The van der Waals surface area contributed by atoms with Crippen LogP contribution in [0, 0.1) is 0 Å². The molecule has 0 saturated heterocycles. The third-order valence-electron chi connectivity index (χ3n) is 12.5. The van der Waals surface area contributed by atoms with Gasteiger partial charge in [0.1, 0.15) is 0 Å². The van der Waals surface area contributed by atoms with Crippen molar-refractivity contribution < 1.29 is 0 Å². The van der Waals surface area contributed by atoms with Crippen LogP contribution in [0.4, 0.5) is 0 Å². The first-order chi connectivity index (χ1) is 30.0. The smallest absolute Gasteiger partial charge is 0.235 e. The van der Waals surface area contributed by atoms with Gasteiger partial charge in [-0.3, -0.25) is 4.57 Å². The van der Waals surface area contributed by atoms with E-state index in [0.717, 1.165) is 39.2 Å². The van der Waals surface area contributed by atoms with E-state index in [1.54, 1.807) is 0 Å². The molecule has 0 spiro atoms. The minimum absolute atomic E-state index is 0.164. The fraction of sp³-hybridized carbons (Fsp3) is 0.0877.